The number of carbonyl (C=O) groups is 1. The second kappa shape index (κ2) is 10.1. The Balaban J connectivity index is 1.79. The largest absolute Gasteiger partial charge is 0.495 e. The molecule has 3 heterocycles. The molecule has 9 heteroatoms. The number of H-pyrrole nitrogens is 1. The number of aliphatic hydroxyl groups is 1. The molecule has 4 rings (SSSR count). The molecule has 1 aromatic carbocycles. The molecule has 33 heavy (non-hydrogen) atoms. The summed E-state index contributed by atoms with van der Waals surface area (Å²) < 4.78 is 10.4. The molecule has 9 nitrogen and oxygen atoms in total. The van der Waals surface area contributed by atoms with Gasteiger partial charge in [0, 0.05) is 29.8 Å². The summed E-state index contributed by atoms with van der Waals surface area (Å²) in [5, 5.41) is 13.6. The van der Waals surface area contributed by atoms with E-state index in [-0.39, 0.29) is 6.61 Å². The van der Waals surface area contributed by atoms with Crippen LogP contribution in [0.1, 0.15) is 28.8 Å². The van der Waals surface area contributed by atoms with Crippen molar-refractivity contribution < 1.29 is 19.4 Å². The van der Waals surface area contributed by atoms with Crippen LogP contribution in [0.2, 0.25) is 0 Å². The number of benzene rings is 1. The van der Waals surface area contributed by atoms with Crippen molar-refractivity contribution in [3.8, 4) is 11.6 Å². The van der Waals surface area contributed by atoms with Gasteiger partial charge in [0.05, 0.1) is 62.3 Å². The number of pyridine rings is 1. The zero-order chi connectivity index (χ0) is 23.2. The molecule has 4 aromatic rings. The maximum absolute atomic E-state index is 12.5. The molecule has 3 aromatic heterocycles. The number of nitrogens with one attached hydrogen (secondary N) is 2. The predicted molar refractivity (Wildman–Crippen MR) is 124 cm³/mol. The second-order valence-corrected chi connectivity index (χ2v) is 7.48. The van der Waals surface area contributed by atoms with E-state index in [0.29, 0.717) is 29.4 Å². The lowest BCUT2D eigenvalue weighted by Crippen LogP contribution is -2.22. The molecular weight excluding hydrogens is 422 g/mol. The number of aromatic amines is 1. The average Bonchev–Trinajstić information content (AvgIpc) is 3.27. The highest BCUT2D eigenvalue weighted by Gasteiger charge is 2.29. The van der Waals surface area contributed by atoms with Crippen LogP contribution in [0.5, 0.6) is 11.6 Å². The van der Waals surface area contributed by atoms with Gasteiger partial charge in [0.25, 0.3) is 0 Å². The Morgan fingerprint density at radius 2 is 2.00 bits per heavy atom. The average molecular weight is 447 g/mol. The van der Waals surface area contributed by atoms with Gasteiger partial charge >= 0.3 is 0 Å². The standard InChI is InChI=1S/C24H25N5O4/c1-32-17-8-16(9-25-10-17)29-24(22-12-28-23(33-2)13-27-22)20(14-31)19-11-26-21-4-3-15(5-6-30)7-18(19)21/h3-4,7-14,20,24,26,29-30H,5-6H2,1-2H3. The lowest BCUT2D eigenvalue weighted by atomic mass is 9.89. The maximum atomic E-state index is 12.5. The molecule has 0 aliphatic carbocycles. The number of aromatic nitrogens is 4. The van der Waals surface area contributed by atoms with Crippen molar-refractivity contribution in [1.29, 1.82) is 0 Å². The molecule has 170 valence electrons. The topological polar surface area (TPSA) is 122 Å². The van der Waals surface area contributed by atoms with E-state index < -0.39 is 12.0 Å². The monoisotopic (exact) mass is 447 g/mol. The SMILES string of the molecule is COc1cncc(NC(c2cnc(OC)cn2)C(C=O)c2c[nH]c3ccc(CCO)cc23)c1. The summed E-state index contributed by atoms with van der Waals surface area (Å²) in [6.45, 7) is 0.0524. The molecule has 0 aliphatic rings. The van der Waals surface area contributed by atoms with E-state index in [0.717, 1.165) is 28.3 Å². The van der Waals surface area contributed by atoms with Crippen LogP contribution < -0.4 is 14.8 Å². The van der Waals surface area contributed by atoms with Gasteiger partial charge in [-0.15, -0.1) is 0 Å². The highest BCUT2D eigenvalue weighted by Crippen LogP contribution is 2.36. The van der Waals surface area contributed by atoms with Crippen LogP contribution in [0.25, 0.3) is 10.9 Å². The van der Waals surface area contributed by atoms with E-state index in [1.165, 1.54) is 13.3 Å². The fourth-order valence-electron chi connectivity index (χ4n) is 3.81. The number of aliphatic hydroxyl groups excluding tert-OH is 1. The van der Waals surface area contributed by atoms with Gasteiger partial charge in [-0.25, -0.2) is 4.98 Å². The number of hydrogen-bond acceptors (Lipinski definition) is 8. The van der Waals surface area contributed by atoms with Gasteiger partial charge in [0.15, 0.2) is 0 Å². The van der Waals surface area contributed by atoms with Crippen LogP contribution in [-0.4, -0.2) is 52.2 Å². The van der Waals surface area contributed by atoms with E-state index >= 15 is 0 Å². The first-order chi connectivity index (χ1) is 16.2. The van der Waals surface area contributed by atoms with Crippen molar-refractivity contribution in [2.75, 3.05) is 26.1 Å². The van der Waals surface area contributed by atoms with Crippen molar-refractivity contribution in [1.82, 2.24) is 19.9 Å². The van der Waals surface area contributed by atoms with Crippen molar-refractivity contribution in [3.05, 3.63) is 72.1 Å². The number of nitrogens with zero attached hydrogens (tertiary/aromatic N) is 3. The first kappa shape index (κ1) is 22.2. The molecule has 0 amide bonds. The molecule has 2 unspecified atom stereocenters. The van der Waals surface area contributed by atoms with Gasteiger partial charge < -0.3 is 29.7 Å². The van der Waals surface area contributed by atoms with Gasteiger partial charge in [-0.2, -0.15) is 0 Å². The van der Waals surface area contributed by atoms with Gasteiger partial charge in [-0.05, 0) is 29.7 Å². The highest BCUT2D eigenvalue weighted by molar-refractivity contribution is 5.88. The normalized spacial score (nSPS) is 12.8. The molecule has 0 saturated carbocycles. The van der Waals surface area contributed by atoms with E-state index in [2.05, 4.69) is 25.3 Å². The summed E-state index contributed by atoms with van der Waals surface area (Å²) in [6.07, 6.45) is 9.64. The van der Waals surface area contributed by atoms with E-state index in [4.69, 9.17) is 9.47 Å². The highest BCUT2D eigenvalue weighted by atomic mass is 16.5. The third kappa shape index (κ3) is 4.78. The number of ether oxygens (including phenoxy) is 2. The zero-order valence-corrected chi connectivity index (χ0v) is 18.4. The van der Waals surface area contributed by atoms with Crippen LogP contribution in [0, 0.1) is 0 Å². The summed E-state index contributed by atoms with van der Waals surface area (Å²) in [6, 6.07) is 7.16. The van der Waals surface area contributed by atoms with Crippen molar-refractivity contribution in [2.45, 2.75) is 18.4 Å². The van der Waals surface area contributed by atoms with Gasteiger partial charge in [-0.1, -0.05) is 6.07 Å². The molecule has 0 saturated heterocycles. The quantitative estimate of drug-likeness (QED) is 0.317. The number of fused-ring (bicyclic) bond motifs is 1. The van der Waals surface area contributed by atoms with Gasteiger partial charge in [0.2, 0.25) is 5.88 Å². The van der Waals surface area contributed by atoms with E-state index in [1.54, 1.807) is 31.8 Å². The summed E-state index contributed by atoms with van der Waals surface area (Å²) in [4.78, 5) is 28.7. The van der Waals surface area contributed by atoms with Crippen LogP contribution in [-0.2, 0) is 11.2 Å². The second-order valence-electron chi connectivity index (χ2n) is 7.48. The Hall–Kier alpha value is -3.98. The first-order valence-corrected chi connectivity index (χ1v) is 10.4. The minimum absolute atomic E-state index is 0.0524. The van der Waals surface area contributed by atoms with Gasteiger partial charge in [0.1, 0.15) is 12.0 Å². The van der Waals surface area contributed by atoms with E-state index in [9.17, 15) is 9.90 Å². The Bertz CT molecular complexity index is 1230. The zero-order valence-electron chi connectivity index (χ0n) is 18.4. The van der Waals surface area contributed by atoms with Crippen molar-refractivity contribution in [3.63, 3.8) is 0 Å². The summed E-state index contributed by atoms with van der Waals surface area (Å²) in [5.74, 6) is 0.365. The Morgan fingerprint density at radius 3 is 2.70 bits per heavy atom. The number of hydrogen-bond donors (Lipinski definition) is 3. The molecule has 0 radical (unpaired) electrons. The number of aldehydes is 1. The van der Waals surface area contributed by atoms with Gasteiger partial charge in [-0.3, -0.25) is 9.97 Å². The molecule has 0 aliphatic heterocycles. The predicted octanol–water partition coefficient (Wildman–Crippen LogP) is 3.04. The van der Waals surface area contributed by atoms with Crippen LogP contribution in [0.3, 0.4) is 0 Å². The summed E-state index contributed by atoms with van der Waals surface area (Å²) in [5.41, 5.74) is 3.94. The Morgan fingerprint density at radius 1 is 1.12 bits per heavy atom. The smallest absolute Gasteiger partial charge is 0.231 e. The minimum atomic E-state index is -0.600. The third-order valence-corrected chi connectivity index (χ3v) is 5.49. The fourth-order valence-corrected chi connectivity index (χ4v) is 3.81. The van der Waals surface area contributed by atoms with Crippen molar-refractivity contribution in [2.24, 2.45) is 0 Å². The molecule has 2 atom stereocenters. The number of methoxy groups -OCH3 is 2. The first-order valence-electron chi connectivity index (χ1n) is 10.4. The Labute approximate surface area is 190 Å². The lowest BCUT2D eigenvalue weighted by molar-refractivity contribution is -0.109. The van der Waals surface area contributed by atoms with E-state index in [1.807, 2.05) is 24.4 Å². The summed E-state index contributed by atoms with van der Waals surface area (Å²) in [7, 11) is 3.09. The number of carbonyl (C=O) groups excluding carboxylic acids is 1. The molecule has 0 bridgehead atoms. The number of anilines is 1. The van der Waals surface area contributed by atoms with Crippen LogP contribution >= 0.6 is 0 Å². The molecule has 0 spiro atoms. The minimum Gasteiger partial charge on any atom is -0.495 e. The Kier molecular flexibility index (Phi) is 6.80. The fraction of sp³-hybridized carbons (Fsp3) is 0.250. The molecular formula is C24H25N5O4. The third-order valence-electron chi connectivity index (χ3n) is 5.49. The number of rotatable bonds is 10. The van der Waals surface area contributed by atoms with Crippen LogP contribution in [0.4, 0.5) is 5.69 Å². The molecule has 3 N–H and O–H groups in total. The maximum Gasteiger partial charge on any atom is 0.231 e. The van der Waals surface area contributed by atoms with Crippen molar-refractivity contribution >= 4 is 22.9 Å². The lowest BCUT2D eigenvalue weighted by Gasteiger charge is -2.25. The summed E-state index contributed by atoms with van der Waals surface area (Å²) >= 11 is 0. The molecule has 0 fully saturated rings. The van der Waals surface area contributed by atoms with Crippen LogP contribution in [0.15, 0.2) is 55.2 Å².